The molecule has 0 aliphatic rings. The first-order valence-electron chi connectivity index (χ1n) is 7.44. The Morgan fingerprint density at radius 3 is 2.64 bits per heavy atom. The fourth-order valence-electron chi connectivity index (χ4n) is 2.26. The lowest BCUT2D eigenvalue weighted by molar-refractivity contribution is -0.115. The van der Waals surface area contributed by atoms with Crippen LogP contribution in [0, 0.1) is 0 Å². The Balaban J connectivity index is 1.85. The average Bonchev–Trinajstić information content (AvgIpc) is 2.47. The van der Waals surface area contributed by atoms with Crippen molar-refractivity contribution in [3.63, 3.8) is 0 Å². The molecule has 0 heterocycles. The minimum Gasteiger partial charge on any atom is -0.384 e. The molecule has 0 aliphatic heterocycles. The largest absolute Gasteiger partial charge is 0.384 e. The summed E-state index contributed by atoms with van der Waals surface area (Å²) in [6.07, 6.45) is 0.402. The van der Waals surface area contributed by atoms with Crippen molar-refractivity contribution in [1.29, 1.82) is 0 Å². The minimum absolute atomic E-state index is 0.0307. The molecular formula is C18H21ClN2O. The molecule has 0 bridgehead atoms. The Hall–Kier alpha value is -2.00. The van der Waals surface area contributed by atoms with Crippen LogP contribution in [0.1, 0.15) is 31.7 Å². The van der Waals surface area contributed by atoms with Crippen LogP contribution in [0.2, 0.25) is 5.02 Å². The van der Waals surface area contributed by atoms with Crippen molar-refractivity contribution in [2.45, 2.75) is 26.2 Å². The van der Waals surface area contributed by atoms with Crippen LogP contribution < -0.4 is 10.6 Å². The summed E-state index contributed by atoms with van der Waals surface area (Å²) in [7, 11) is 0. The number of carbonyl (C=O) groups excluding carboxylic acids is 1. The van der Waals surface area contributed by atoms with Crippen molar-refractivity contribution in [3.05, 3.63) is 59.1 Å². The number of hydrogen-bond acceptors (Lipinski definition) is 2. The van der Waals surface area contributed by atoms with Crippen LogP contribution in [0.5, 0.6) is 0 Å². The van der Waals surface area contributed by atoms with Gasteiger partial charge in [0.15, 0.2) is 0 Å². The van der Waals surface area contributed by atoms with Crippen molar-refractivity contribution in [2.24, 2.45) is 0 Å². The Labute approximate surface area is 136 Å². The smallest absolute Gasteiger partial charge is 0.226 e. The van der Waals surface area contributed by atoms with Crippen LogP contribution in [-0.2, 0) is 4.79 Å². The van der Waals surface area contributed by atoms with Crippen molar-refractivity contribution in [2.75, 3.05) is 17.2 Å². The first-order valence-corrected chi connectivity index (χ1v) is 7.82. The summed E-state index contributed by atoms with van der Waals surface area (Å²) in [5, 5.41) is 6.79. The number of anilines is 2. The molecule has 116 valence electrons. The van der Waals surface area contributed by atoms with Gasteiger partial charge in [-0.05, 0) is 35.7 Å². The molecule has 0 unspecified atom stereocenters. The van der Waals surface area contributed by atoms with Gasteiger partial charge < -0.3 is 10.6 Å². The van der Waals surface area contributed by atoms with Crippen molar-refractivity contribution in [3.8, 4) is 0 Å². The average molecular weight is 317 g/mol. The molecule has 0 aliphatic carbocycles. The molecule has 0 aromatic heterocycles. The molecule has 22 heavy (non-hydrogen) atoms. The van der Waals surface area contributed by atoms with E-state index in [0.29, 0.717) is 23.9 Å². The number of para-hydroxylation sites is 1. The standard InChI is InChI=1S/C18H21ClN2O/c1-13(2)16-8-3-4-9-17(16)20-11-10-18(22)21-15-7-5-6-14(19)12-15/h3-9,12-13,20H,10-11H2,1-2H3,(H,21,22). The third-order valence-electron chi connectivity index (χ3n) is 3.36. The van der Waals surface area contributed by atoms with Crippen LogP contribution >= 0.6 is 11.6 Å². The Morgan fingerprint density at radius 1 is 1.14 bits per heavy atom. The summed E-state index contributed by atoms with van der Waals surface area (Å²) in [5.74, 6) is 0.417. The quantitative estimate of drug-likeness (QED) is 0.795. The number of amides is 1. The first-order chi connectivity index (χ1) is 10.6. The molecule has 0 fully saturated rings. The molecule has 0 radical (unpaired) electrons. The van der Waals surface area contributed by atoms with Gasteiger partial charge in [-0.15, -0.1) is 0 Å². The van der Waals surface area contributed by atoms with Gasteiger partial charge in [-0.1, -0.05) is 49.7 Å². The molecule has 3 nitrogen and oxygen atoms in total. The SMILES string of the molecule is CC(C)c1ccccc1NCCC(=O)Nc1cccc(Cl)c1. The lowest BCUT2D eigenvalue weighted by atomic mass is 10.0. The summed E-state index contributed by atoms with van der Waals surface area (Å²) in [6, 6.07) is 15.3. The van der Waals surface area contributed by atoms with Gasteiger partial charge in [0.25, 0.3) is 0 Å². The van der Waals surface area contributed by atoms with Crippen LogP contribution in [0.25, 0.3) is 0 Å². The summed E-state index contributed by atoms with van der Waals surface area (Å²) in [6.45, 7) is 4.91. The van der Waals surface area contributed by atoms with Crippen LogP contribution in [0.3, 0.4) is 0 Å². The van der Waals surface area contributed by atoms with E-state index in [1.54, 1.807) is 12.1 Å². The van der Waals surface area contributed by atoms with Gasteiger partial charge in [0.05, 0.1) is 0 Å². The second-order valence-corrected chi connectivity index (χ2v) is 5.91. The number of benzene rings is 2. The van der Waals surface area contributed by atoms with Gasteiger partial charge in [0.2, 0.25) is 5.91 Å². The van der Waals surface area contributed by atoms with Crippen LogP contribution in [0.15, 0.2) is 48.5 Å². The summed E-state index contributed by atoms with van der Waals surface area (Å²) in [4.78, 5) is 11.9. The normalized spacial score (nSPS) is 10.5. The number of halogens is 1. The lowest BCUT2D eigenvalue weighted by Crippen LogP contribution is -2.16. The van der Waals surface area contributed by atoms with Crippen molar-refractivity contribution >= 4 is 28.9 Å². The maximum Gasteiger partial charge on any atom is 0.226 e. The predicted octanol–water partition coefficient (Wildman–Crippen LogP) is 4.90. The fraction of sp³-hybridized carbons (Fsp3) is 0.278. The molecule has 0 saturated heterocycles. The van der Waals surface area contributed by atoms with Crippen molar-refractivity contribution in [1.82, 2.24) is 0 Å². The zero-order valence-corrected chi connectivity index (χ0v) is 13.7. The summed E-state index contributed by atoms with van der Waals surface area (Å²) >= 11 is 5.90. The fourth-order valence-corrected chi connectivity index (χ4v) is 2.45. The molecule has 2 aromatic carbocycles. The summed E-state index contributed by atoms with van der Waals surface area (Å²) in [5.41, 5.74) is 3.07. The minimum atomic E-state index is -0.0307. The monoisotopic (exact) mass is 316 g/mol. The van der Waals surface area contributed by atoms with Gasteiger partial charge in [-0.25, -0.2) is 0 Å². The number of nitrogens with one attached hydrogen (secondary N) is 2. The van der Waals surface area contributed by atoms with Gasteiger partial charge in [-0.3, -0.25) is 4.79 Å². The molecule has 2 aromatic rings. The van der Waals surface area contributed by atoms with Gasteiger partial charge in [0, 0.05) is 29.4 Å². The Kier molecular flexibility index (Phi) is 5.84. The second kappa shape index (κ2) is 7.85. The van der Waals surface area contributed by atoms with Gasteiger partial charge >= 0.3 is 0 Å². The summed E-state index contributed by atoms with van der Waals surface area (Å²) < 4.78 is 0. The van der Waals surface area contributed by atoms with Crippen LogP contribution in [-0.4, -0.2) is 12.5 Å². The van der Waals surface area contributed by atoms with E-state index in [2.05, 4.69) is 30.5 Å². The van der Waals surface area contributed by atoms with E-state index in [9.17, 15) is 4.79 Å². The highest BCUT2D eigenvalue weighted by Crippen LogP contribution is 2.23. The highest BCUT2D eigenvalue weighted by atomic mass is 35.5. The topological polar surface area (TPSA) is 41.1 Å². The highest BCUT2D eigenvalue weighted by Gasteiger charge is 2.06. The van der Waals surface area contributed by atoms with Crippen molar-refractivity contribution < 1.29 is 4.79 Å². The molecule has 4 heteroatoms. The Bertz CT molecular complexity index is 640. The van der Waals surface area contributed by atoms with Crippen LogP contribution in [0.4, 0.5) is 11.4 Å². The molecule has 2 N–H and O–H groups in total. The molecule has 0 saturated carbocycles. The molecule has 2 rings (SSSR count). The maximum absolute atomic E-state index is 11.9. The zero-order valence-electron chi connectivity index (χ0n) is 12.9. The number of carbonyl (C=O) groups is 1. The van der Waals surface area contributed by atoms with Gasteiger partial charge in [-0.2, -0.15) is 0 Å². The second-order valence-electron chi connectivity index (χ2n) is 5.48. The molecule has 0 atom stereocenters. The third kappa shape index (κ3) is 4.78. The van der Waals surface area contributed by atoms with E-state index < -0.39 is 0 Å². The number of rotatable bonds is 6. The predicted molar refractivity (Wildman–Crippen MR) is 93.7 cm³/mol. The number of hydrogen-bond donors (Lipinski definition) is 2. The van der Waals surface area contributed by atoms with E-state index in [4.69, 9.17) is 11.6 Å². The van der Waals surface area contributed by atoms with E-state index in [0.717, 1.165) is 11.4 Å². The van der Waals surface area contributed by atoms with Gasteiger partial charge in [0.1, 0.15) is 0 Å². The molecular weight excluding hydrogens is 296 g/mol. The van der Waals surface area contributed by atoms with E-state index in [1.165, 1.54) is 5.56 Å². The third-order valence-corrected chi connectivity index (χ3v) is 3.59. The molecule has 1 amide bonds. The lowest BCUT2D eigenvalue weighted by Gasteiger charge is -2.14. The zero-order chi connectivity index (χ0) is 15.9. The Morgan fingerprint density at radius 2 is 1.91 bits per heavy atom. The van der Waals surface area contributed by atoms with E-state index >= 15 is 0 Å². The highest BCUT2D eigenvalue weighted by molar-refractivity contribution is 6.30. The van der Waals surface area contributed by atoms with E-state index in [1.807, 2.05) is 30.3 Å². The van der Waals surface area contributed by atoms with E-state index in [-0.39, 0.29) is 5.91 Å². The first kappa shape index (κ1) is 16.4. The maximum atomic E-state index is 11.9. The molecule has 0 spiro atoms.